The molecular formula is C15H25N3O2. The molecule has 0 unspecified atom stereocenters. The van der Waals surface area contributed by atoms with Gasteiger partial charge in [0, 0.05) is 19.2 Å². The Bertz CT molecular complexity index is 447. The first kappa shape index (κ1) is 16.3. The van der Waals surface area contributed by atoms with Gasteiger partial charge in [-0.05, 0) is 52.2 Å². The molecule has 5 nitrogen and oxygen atoms in total. The number of benzene rings is 1. The summed E-state index contributed by atoms with van der Waals surface area (Å²) in [4.78, 5) is 16.1. The van der Waals surface area contributed by atoms with E-state index in [9.17, 15) is 4.79 Å². The number of nitrogens with two attached hydrogens (primary N) is 1. The average Bonchev–Trinajstić information content (AvgIpc) is 2.40. The van der Waals surface area contributed by atoms with Crippen LogP contribution in [0.5, 0.6) is 5.75 Å². The lowest BCUT2D eigenvalue weighted by Gasteiger charge is -2.19. The smallest absolute Gasteiger partial charge is 0.253 e. The zero-order valence-corrected chi connectivity index (χ0v) is 12.8. The molecule has 20 heavy (non-hydrogen) atoms. The van der Waals surface area contributed by atoms with Crippen LogP contribution in [0, 0.1) is 0 Å². The highest BCUT2D eigenvalue weighted by Crippen LogP contribution is 2.23. The molecule has 5 heteroatoms. The van der Waals surface area contributed by atoms with Crippen LogP contribution in [0.15, 0.2) is 18.2 Å². The fourth-order valence-electron chi connectivity index (χ4n) is 1.91. The minimum Gasteiger partial charge on any atom is -0.492 e. The van der Waals surface area contributed by atoms with Gasteiger partial charge in [0.15, 0.2) is 0 Å². The highest BCUT2D eigenvalue weighted by Gasteiger charge is 2.13. The van der Waals surface area contributed by atoms with Crippen LogP contribution >= 0.6 is 0 Å². The number of rotatable bonds is 7. The van der Waals surface area contributed by atoms with Crippen LogP contribution < -0.4 is 10.5 Å². The summed E-state index contributed by atoms with van der Waals surface area (Å²) in [6.45, 7) is 4.14. The molecule has 0 saturated carbocycles. The third kappa shape index (κ3) is 4.74. The second kappa shape index (κ2) is 7.75. The van der Waals surface area contributed by atoms with Crippen molar-refractivity contribution >= 4 is 11.6 Å². The van der Waals surface area contributed by atoms with E-state index in [0.717, 1.165) is 19.5 Å². The average molecular weight is 279 g/mol. The lowest BCUT2D eigenvalue weighted by atomic mass is 10.1. The molecule has 1 amide bonds. The molecule has 1 aromatic rings. The van der Waals surface area contributed by atoms with Gasteiger partial charge in [0.2, 0.25) is 0 Å². The molecule has 0 spiro atoms. The molecular weight excluding hydrogens is 254 g/mol. The van der Waals surface area contributed by atoms with Crippen molar-refractivity contribution in [2.75, 3.05) is 46.6 Å². The zero-order chi connectivity index (χ0) is 15.1. The van der Waals surface area contributed by atoms with Gasteiger partial charge < -0.3 is 20.3 Å². The van der Waals surface area contributed by atoms with Crippen molar-refractivity contribution in [2.45, 2.75) is 13.3 Å². The molecule has 0 aliphatic rings. The molecule has 0 aliphatic carbocycles. The summed E-state index contributed by atoms with van der Waals surface area (Å²) in [5, 5.41) is 0. The first-order valence-corrected chi connectivity index (χ1v) is 6.88. The number of anilines is 1. The van der Waals surface area contributed by atoms with Crippen molar-refractivity contribution < 1.29 is 9.53 Å². The molecule has 0 fully saturated rings. The van der Waals surface area contributed by atoms with Gasteiger partial charge in [-0.25, -0.2) is 0 Å². The summed E-state index contributed by atoms with van der Waals surface area (Å²) in [6.07, 6.45) is 0.946. The van der Waals surface area contributed by atoms with Crippen LogP contribution in [-0.4, -0.2) is 56.5 Å². The minimum atomic E-state index is -0.0153. The number of ether oxygens (including phenoxy) is 1. The first-order chi connectivity index (χ1) is 9.45. The molecule has 0 heterocycles. The number of amides is 1. The van der Waals surface area contributed by atoms with Gasteiger partial charge in [0.1, 0.15) is 5.75 Å². The molecule has 112 valence electrons. The summed E-state index contributed by atoms with van der Waals surface area (Å²) in [7, 11) is 5.86. The van der Waals surface area contributed by atoms with E-state index < -0.39 is 0 Å². The van der Waals surface area contributed by atoms with E-state index in [1.54, 1.807) is 23.1 Å². The fraction of sp³-hybridized carbons (Fsp3) is 0.533. The van der Waals surface area contributed by atoms with Crippen LogP contribution in [0.25, 0.3) is 0 Å². The molecule has 2 N–H and O–H groups in total. The Morgan fingerprint density at radius 2 is 1.95 bits per heavy atom. The summed E-state index contributed by atoms with van der Waals surface area (Å²) in [5.74, 6) is 0.609. The topological polar surface area (TPSA) is 58.8 Å². The van der Waals surface area contributed by atoms with E-state index in [-0.39, 0.29) is 5.91 Å². The number of carbonyl (C=O) groups is 1. The van der Waals surface area contributed by atoms with Crippen LogP contribution in [0.4, 0.5) is 5.69 Å². The van der Waals surface area contributed by atoms with Crippen molar-refractivity contribution in [3.8, 4) is 5.75 Å². The minimum absolute atomic E-state index is 0.0153. The van der Waals surface area contributed by atoms with Gasteiger partial charge in [-0.3, -0.25) is 4.79 Å². The lowest BCUT2D eigenvalue weighted by Crippen LogP contribution is -2.29. The summed E-state index contributed by atoms with van der Waals surface area (Å²) < 4.78 is 5.37. The molecule has 1 rings (SSSR count). The van der Waals surface area contributed by atoms with Crippen LogP contribution in [0.1, 0.15) is 23.7 Å². The van der Waals surface area contributed by atoms with Crippen LogP contribution in [-0.2, 0) is 0 Å². The van der Waals surface area contributed by atoms with Crippen molar-refractivity contribution in [1.29, 1.82) is 0 Å². The highest BCUT2D eigenvalue weighted by molar-refractivity contribution is 5.95. The van der Waals surface area contributed by atoms with Gasteiger partial charge in [-0.2, -0.15) is 0 Å². The maximum atomic E-state index is 12.3. The van der Waals surface area contributed by atoms with Crippen molar-refractivity contribution in [1.82, 2.24) is 9.80 Å². The van der Waals surface area contributed by atoms with Crippen LogP contribution in [0.3, 0.4) is 0 Å². The number of carbonyl (C=O) groups excluding carboxylic acids is 1. The normalized spacial score (nSPS) is 10.7. The van der Waals surface area contributed by atoms with E-state index in [2.05, 4.69) is 4.90 Å². The second-order valence-electron chi connectivity index (χ2n) is 5.07. The van der Waals surface area contributed by atoms with Crippen molar-refractivity contribution in [3.63, 3.8) is 0 Å². The van der Waals surface area contributed by atoms with Gasteiger partial charge in [0.05, 0.1) is 12.3 Å². The predicted molar refractivity (Wildman–Crippen MR) is 82.2 cm³/mol. The molecule has 1 aromatic carbocycles. The SMILES string of the molecule is CCOc1ccc(C(=O)N(C)CCCN(C)C)cc1N. The van der Waals surface area contributed by atoms with Crippen molar-refractivity contribution in [2.24, 2.45) is 0 Å². The van der Waals surface area contributed by atoms with E-state index in [1.807, 2.05) is 28.1 Å². The van der Waals surface area contributed by atoms with Gasteiger partial charge in [0.25, 0.3) is 5.91 Å². The maximum absolute atomic E-state index is 12.3. The number of hydrogen-bond donors (Lipinski definition) is 1. The summed E-state index contributed by atoms with van der Waals surface area (Å²) >= 11 is 0. The Kier molecular flexibility index (Phi) is 6.31. The van der Waals surface area contributed by atoms with Crippen LogP contribution in [0.2, 0.25) is 0 Å². The molecule has 0 bridgehead atoms. The number of nitrogens with zero attached hydrogens (tertiary/aromatic N) is 2. The monoisotopic (exact) mass is 279 g/mol. The lowest BCUT2D eigenvalue weighted by molar-refractivity contribution is 0.0790. The van der Waals surface area contributed by atoms with Gasteiger partial charge in [-0.15, -0.1) is 0 Å². The Balaban J connectivity index is 2.64. The predicted octanol–water partition coefficient (Wildman–Crippen LogP) is 1.69. The highest BCUT2D eigenvalue weighted by atomic mass is 16.5. The Morgan fingerprint density at radius 3 is 2.50 bits per heavy atom. The largest absolute Gasteiger partial charge is 0.492 e. The van der Waals surface area contributed by atoms with E-state index in [0.29, 0.717) is 23.6 Å². The second-order valence-corrected chi connectivity index (χ2v) is 5.07. The van der Waals surface area contributed by atoms with Crippen molar-refractivity contribution in [3.05, 3.63) is 23.8 Å². The Morgan fingerprint density at radius 1 is 1.25 bits per heavy atom. The fourth-order valence-corrected chi connectivity index (χ4v) is 1.91. The molecule has 0 aromatic heterocycles. The summed E-state index contributed by atoms with van der Waals surface area (Å²) in [5.41, 5.74) is 6.98. The van der Waals surface area contributed by atoms with Gasteiger partial charge >= 0.3 is 0 Å². The number of hydrogen-bond acceptors (Lipinski definition) is 4. The third-order valence-electron chi connectivity index (χ3n) is 3.00. The zero-order valence-electron chi connectivity index (χ0n) is 12.8. The third-order valence-corrected chi connectivity index (χ3v) is 3.00. The Labute approximate surface area is 121 Å². The molecule has 0 aliphatic heterocycles. The standard InChI is InChI=1S/C15H25N3O2/c1-5-20-14-8-7-12(11-13(14)16)15(19)18(4)10-6-9-17(2)3/h7-8,11H,5-6,9-10,16H2,1-4H3. The first-order valence-electron chi connectivity index (χ1n) is 6.88. The molecule has 0 saturated heterocycles. The Hall–Kier alpha value is -1.75. The number of nitrogen functional groups attached to an aromatic ring is 1. The quantitative estimate of drug-likeness (QED) is 0.772. The summed E-state index contributed by atoms with van der Waals surface area (Å²) in [6, 6.07) is 5.18. The van der Waals surface area contributed by atoms with Gasteiger partial charge in [-0.1, -0.05) is 0 Å². The van der Waals surface area contributed by atoms with E-state index >= 15 is 0 Å². The molecule has 0 radical (unpaired) electrons. The van der Waals surface area contributed by atoms with E-state index in [1.165, 1.54) is 0 Å². The van der Waals surface area contributed by atoms with E-state index in [4.69, 9.17) is 10.5 Å². The molecule has 0 atom stereocenters. The maximum Gasteiger partial charge on any atom is 0.253 e.